The van der Waals surface area contributed by atoms with E-state index in [1.54, 1.807) is 23.1 Å². The summed E-state index contributed by atoms with van der Waals surface area (Å²) in [6.07, 6.45) is 1.80. The molecular formula is C17H16N2O5S2. The van der Waals surface area contributed by atoms with Crippen LogP contribution in [0.1, 0.15) is 18.4 Å². The summed E-state index contributed by atoms with van der Waals surface area (Å²) in [6, 6.07) is 5.35. The van der Waals surface area contributed by atoms with Gasteiger partial charge in [-0.05, 0) is 23.8 Å². The highest BCUT2D eigenvalue weighted by Gasteiger charge is 2.25. The van der Waals surface area contributed by atoms with Gasteiger partial charge in [-0.2, -0.15) is 0 Å². The van der Waals surface area contributed by atoms with E-state index in [4.69, 9.17) is 17.0 Å². The normalized spacial score (nSPS) is 17.6. The number of nitrogens with zero attached hydrogens (tertiary/aromatic N) is 1. The van der Waals surface area contributed by atoms with Crippen molar-refractivity contribution >= 4 is 57.8 Å². The van der Waals surface area contributed by atoms with Gasteiger partial charge in [0.25, 0.3) is 5.91 Å². The highest BCUT2D eigenvalue weighted by molar-refractivity contribution is 8.26. The first-order valence-electron chi connectivity index (χ1n) is 7.87. The number of carbonyl (C=O) groups is 3. The van der Waals surface area contributed by atoms with Gasteiger partial charge < -0.3 is 19.7 Å². The Hall–Kier alpha value is -2.39. The van der Waals surface area contributed by atoms with Crippen molar-refractivity contribution in [2.24, 2.45) is 0 Å². The fraction of sp³-hybridized carbons (Fsp3) is 0.294. The van der Waals surface area contributed by atoms with Gasteiger partial charge in [-0.25, -0.2) is 0 Å². The molecule has 26 heavy (non-hydrogen) atoms. The number of esters is 1. The summed E-state index contributed by atoms with van der Waals surface area (Å²) in [4.78, 5) is 37.7. The Morgan fingerprint density at radius 1 is 1.42 bits per heavy atom. The van der Waals surface area contributed by atoms with E-state index in [0.29, 0.717) is 33.8 Å². The molecule has 1 aromatic carbocycles. The molecule has 9 heteroatoms. The summed E-state index contributed by atoms with van der Waals surface area (Å²) in [6.45, 7) is 0.774. The van der Waals surface area contributed by atoms with E-state index in [-0.39, 0.29) is 24.7 Å². The minimum atomic E-state index is -0.425. The molecule has 2 aliphatic heterocycles. The number of amides is 2. The highest BCUT2D eigenvalue weighted by atomic mass is 32.2. The molecule has 7 nitrogen and oxygen atoms in total. The first kappa shape index (κ1) is 18.4. The SMILES string of the molecule is COC(=O)CCC(=O)N1CCOc2ccc(/C=C3/SC(=S)NC3=O)cc21. The van der Waals surface area contributed by atoms with Crippen LogP contribution in [0.4, 0.5) is 5.69 Å². The van der Waals surface area contributed by atoms with Gasteiger partial charge in [0.15, 0.2) is 0 Å². The molecule has 1 fully saturated rings. The Labute approximate surface area is 159 Å². The van der Waals surface area contributed by atoms with Crippen molar-refractivity contribution < 1.29 is 23.9 Å². The zero-order valence-electron chi connectivity index (χ0n) is 13.9. The molecule has 1 saturated heterocycles. The number of thioether (sulfide) groups is 1. The number of carbonyl (C=O) groups excluding carboxylic acids is 3. The highest BCUT2D eigenvalue weighted by Crippen LogP contribution is 2.35. The Kier molecular flexibility index (Phi) is 5.58. The number of methoxy groups -OCH3 is 1. The quantitative estimate of drug-likeness (QED) is 0.476. The molecule has 2 heterocycles. The molecule has 0 aliphatic carbocycles. The van der Waals surface area contributed by atoms with Crippen molar-refractivity contribution in [3.63, 3.8) is 0 Å². The van der Waals surface area contributed by atoms with E-state index in [1.165, 1.54) is 18.9 Å². The van der Waals surface area contributed by atoms with Gasteiger partial charge in [-0.3, -0.25) is 14.4 Å². The van der Waals surface area contributed by atoms with E-state index in [2.05, 4.69) is 10.1 Å². The summed E-state index contributed by atoms with van der Waals surface area (Å²) in [5.41, 5.74) is 1.37. The second-order valence-corrected chi connectivity index (χ2v) is 7.27. The van der Waals surface area contributed by atoms with Crippen LogP contribution >= 0.6 is 24.0 Å². The molecule has 0 spiro atoms. The van der Waals surface area contributed by atoms with Crippen molar-refractivity contribution in [1.29, 1.82) is 0 Å². The maximum absolute atomic E-state index is 12.5. The molecule has 2 aliphatic rings. The van der Waals surface area contributed by atoms with Gasteiger partial charge in [0, 0.05) is 6.42 Å². The van der Waals surface area contributed by atoms with Crippen LogP contribution in [0.5, 0.6) is 5.75 Å². The van der Waals surface area contributed by atoms with Crippen LogP contribution in [-0.4, -0.2) is 42.4 Å². The van der Waals surface area contributed by atoms with Gasteiger partial charge in [0.1, 0.15) is 16.7 Å². The summed E-state index contributed by atoms with van der Waals surface area (Å²) >= 11 is 6.17. The Morgan fingerprint density at radius 2 is 2.23 bits per heavy atom. The number of ether oxygens (including phenoxy) is 2. The van der Waals surface area contributed by atoms with Crippen LogP contribution in [0.3, 0.4) is 0 Å². The van der Waals surface area contributed by atoms with E-state index in [1.807, 2.05) is 6.07 Å². The predicted molar refractivity (Wildman–Crippen MR) is 102 cm³/mol. The fourth-order valence-electron chi connectivity index (χ4n) is 2.60. The molecule has 0 saturated carbocycles. The van der Waals surface area contributed by atoms with Crippen LogP contribution < -0.4 is 15.0 Å². The molecule has 1 N–H and O–H groups in total. The number of anilines is 1. The third-order valence-electron chi connectivity index (χ3n) is 3.86. The van der Waals surface area contributed by atoms with Gasteiger partial charge in [0.05, 0.1) is 30.7 Å². The van der Waals surface area contributed by atoms with Gasteiger partial charge >= 0.3 is 5.97 Å². The minimum absolute atomic E-state index is 0.0278. The van der Waals surface area contributed by atoms with Crippen molar-refractivity contribution in [3.8, 4) is 5.75 Å². The Balaban J connectivity index is 1.83. The first-order chi connectivity index (χ1) is 12.5. The molecule has 0 atom stereocenters. The van der Waals surface area contributed by atoms with E-state index in [9.17, 15) is 14.4 Å². The van der Waals surface area contributed by atoms with Crippen molar-refractivity contribution in [1.82, 2.24) is 5.32 Å². The van der Waals surface area contributed by atoms with Crippen molar-refractivity contribution in [2.75, 3.05) is 25.2 Å². The number of nitrogens with one attached hydrogen (secondary N) is 1. The van der Waals surface area contributed by atoms with Crippen LogP contribution in [0, 0.1) is 0 Å². The van der Waals surface area contributed by atoms with Crippen LogP contribution in [0.25, 0.3) is 6.08 Å². The number of hydrogen-bond acceptors (Lipinski definition) is 7. The molecule has 0 aromatic heterocycles. The Bertz CT molecular complexity index is 821. The predicted octanol–water partition coefficient (Wildman–Crippen LogP) is 1.85. The number of fused-ring (bicyclic) bond motifs is 1. The van der Waals surface area contributed by atoms with Crippen LogP contribution in [-0.2, 0) is 19.1 Å². The summed E-state index contributed by atoms with van der Waals surface area (Å²) in [5.74, 6) is -0.256. The third-order valence-corrected chi connectivity index (χ3v) is 5.02. The topological polar surface area (TPSA) is 84.9 Å². The minimum Gasteiger partial charge on any atom is -0.490 e. The maximum atomic E-state index is 12.5. The largest absolute Gasteiger partial charge is 0.490 e. The zero-order valence-corrected chi connectivity index (χ0v) is 15.6. The standard InChI is InChI=1S/C17H16N2O5S2/c1-23-15(21)5-4-14(20)19-6-7-24-12-3-2-10(8-11(12)19)9-13-16(22)18-17(25)26-13/h2-3,8-9H,4-7H2,1H3,(H,18,22,25)/b13-9+. The number of thiocarbonyl (C=S) groups is 1. The molecule has 2 amide bonds. The van der Waals surface area contributed by atoms with Crippen molar-refractivity contribution in [2.45, 2.75) is 12.8 Å². The van der Waals surface area contributed by atoms with Gasteiger partial charge in [-0.1, -0.05) is 30.0 Å². The zero-order chi connectivity index (χ0) is 18.7. The van der Waals surface area contributed by atoms with Gasteiger partial charge in [-0.15, -0.1) is 0 Å². The molecular weight excluding hydrogens is 376 g/mol. The smallest absolute Gasteiger partial charge is 0.306 e. The van der Waals surface area contributed by atoms with Crippen LogP contribution in [0.15, 0.2) is 23.1 Å². The van der Waals surface area contributed by atoms with Crippen molar-refractivity contribution in [3.05, 3.63) is 28.7 Å². The lowest BCUT2D eigenvalue weighted by Crippen LogP contribution is -2.38. The summed E-state index contributed by atoms with van der Waals surface area (Å²) in [7, 11) is 1.29. The monoisotopic (exact) mass is 392 g/mol. The van der Waals surface area contributed by atoms with Gasteiger partial charge in [0.2, 0.25) is 5.91 Å². The van der Waals surface area contributed by atoms with Crippen LogP contribution in [0.2, 0.25) is 0 Å². The van der Waals surface area contributed by atoms with E-state index in [0.717, 1.165) is 5.56 Å². The first-order valence-corrected chi connectivity index (χ1v) is 9.09. The summed E-state index contributed by atoms with van der Waals surface area (Å²) < 4.78 is 10.6. The second-order valence-electron chi connectivity index (χ2n) is 5.55. The second kappa shape index (κ2) is 7.88. The lowest BCUT2D eigenvalue weighted by Gasteiger charge is -2.30. The molecule has 136 valence electrons. The van der Waals surface area contributed by atoms with E-state index < -0.39 is 5.97 Å². The maximum Gasteiger partial charge on any atom is 0.306 e. The molecule has 0 bridgehead atoms. The average Bonchev–Trinajstić information content (AvgIpc) is 2.95. The number of rotatable bonds is 4. The van der Waals surface area contributed by atoms with E-state index >= 15 is 0 Å². The molecule has 0 unspecified atom stereocenters. The molecule has 1 aromatic rings. The average molecular weight is 392 g/mol. The number of hydrogen-bond donors (Lipinski definition) is 1. The lowest BCUT2D eigenvalue weighted by atomic mass is 10.1. The molecule has 0 radical (unpaired) electrons. The fourth-order valence-corrected chi connectivity index (χ4v) is 3.65. The number of benzene rings is 1. The summed E-state index contributed by atoms with van der Waals surface area (Å²) in [5, 5.41) is 2.56. The third kappa shape index (κ3) is 4.05. The lowest BCUT2D eigenvalue weighted by molar-refractivity contribution is -0.141. The molecule has 3 rings (SSSR count). The Morgan fingerprint density at radius 3 is 2.92 bits per heavy atom.